The van der Waals surface area contributed by atoms with Gasteiger partial charge in [-0.1, -0.05) is 0 Å². The quantitative estimate of drug-likeness (QED) is 0.832. The molecule has 1 aromatic heterocycles. The Labute approximate surface area is 142 Å². The van der Waals surface area contributed by atoms with Gasteiger partial charge in [0.25, 0.3) is 0 Å². The van der Waals surface area contributed by atoms with Crippen LogP contribution < -0.4 is 9.80 Å². The van der Waals surface area contributed by atoms with Crippen LogP contribution in [0.5, 0.6) is 0 Å². The Morgan fingerprint density at radius 3 is 2.60 bits per heavy atom. The van der Waals surface area contributed by atoms with Crippen molar-refractivity contribution in [1.29, 1.82) is 0 Å². The van der Waals surface area contributed by atoms with Gasteiger partial charge in [-0.25, -0.2) is 9.97 Å². The lowest BCUT2D eigenvalue weighted by Crippen LogP contribution is -2.34. The molecule has 138 valence electrons. The van der Waals surface area contributed by atoms with E-state index < -0.39 is 30.5 Å². The molecule has 3 heterocycles. The van der Waals surface area contributed by atoms with Gasteiger partial charge in [-0.05, 0) is 12.8 Å². The fraction of sp³-hybridized carbons (Fsp3) is 0.667. The third kappa shape index (κ3) is 3.48. The first-order valence-electron chi connectivity index (χ1n) is 8.05. The number of hydrogen-bond acceptors (Lipinski definition) is 6. The highest BCUT2D eigenvalue weighted by atomic mass is 19.4. The van der Waals surface area contributed by atoms with Gasteiger partial charge in [-0.15, -0.1) is 0 Å². The third-order valence-electron chi connectivity index (χ3n) is 4.90. The van der Waals surface area contributed by atoms with Gasteiger partial charge in [0.05, 0.1) is 24.5 Å². The Bertz CT molecular complexity index is 643. The molecule has 2 aliphatic rings. The zero-order chi connectivity index (χ0) is 18.2. The van der Waals surface area contributed by atoms with E-state index in [0.29, 0.717) is 12.4 Å². The van der Waals surface area contributed by atoms with Gasteiger partial charge in [-0.2, -0.15) is 13.2 Å². The maximum atomic E-state index is 13.1. The van der Waals surface area contributed by atoms with E-state index in [2.05, 4.69) is 9.97 Å². The van der Waals surface area contributed by atoms with Crippen LogP contribution in [0, 0.1) is 11.8 Å². The van der Waals surface area contributed by atoms with Crippen LogP contribution in [0.3, 0.4) is 0 Å². The standard InChI is InChI=1S/C15H19F3N4O3/c16-15(17,18)11-6-21(5-10(11)14(24)25)12-4-13(20-8-19-12)22-3-1-2-9(22)7-23/h4,8-11,23H,1-3,5-7H2,(H,24,25)/t9?,10-,11-/m1/s1. The van der Waals surface area contributed by atoms with Crippen molar-refractivity contribution in [3.05, 3.63) is 12.4 Å². The maximum absolute atomic E-state index is 13.1. The molecule has 0 radical (unpaired) electrons. The summed E-state index contributed by atoms with van der Waals surface area (Å²) in [6.07, 6.45) is -1.61. The summed E-state index contributed by atoms with van der Waals surface area (Å²) in [7, 11) is 0. The molecule has 2 saturated heterocycles. The van der Waals surface area contributed by atoms with E-state index in [-0.39, 0.29) is 25.0 Å². The van der Waals surface area contributed by atoms with Gasteiger partial charge in [-0.3, -0.25) is 4.79 Å². The Morgan fingerprint density at radius 2 is 2.00 bits per heavy atom. The van der Waals surface area contributed by atoms with Gasteiger partial charge in [0, 0.05) is 25.7 Å². The summed E-state index contributed by atoms with van der Waals surface area (Å²) in [6.45, 7) is -0.0232. The van der Waals surface area contributed by atoms with E-state index in [4.69, 9.17) is 5.11 Å². The van der Waals surface area contributed by atoms with Gasteiger partial charge < -0.3 is 20.0 Å². The molecule has 2 fully saturated rings. The largest absolute Gasteiger partial charge is 0.481 e. The highest BCUT2D eigenvalue weighted by molar-refractivity contribution is 5.72. The van der Waals surface area contributed by atoms with Crippen LogP contribution in [-0.2, 0) is 4.79 Å². The molecule has 0 aromatic carbocycles. The fourth-order valence-electron chi connectivity index (χ4n) is 3.57. The number of aliphatic hydroxyl groups excluding tert-OH is 1. The molecule has 3 rings (SSSR count). The Hall–Kier alpha value is -2.10. The number of anilines is 2. The van der Waals surface area contributed by atoms with Crippen molar-refractivity contribution in [2.24, 2.45) is 11.8 Å². The van der Waals surface area contributed by atoms with Gasteiger partial charge in [0.2, 0.25) is 0 Å². The number of halogens is 3. The molecule has 3 atom stereocenters. The normalized spacial score (nSPS) is 27.1. The van der Waals surface area contributed by atoms with E-state index in [1.165, 1.54) is 11.2 Å². The minimum atomic E-state index is -4.58. The van der Waals surface area contributed by atoms with E-state index >= 15 is 0 Å². The van der Waals surface area contributed by atoms with Crippen LogP contribution in [-0.4, -0.2) is 64.6 Å². The predicted molar refractivity (Wildman–Crippen MR) is 82.4 cm³/mol. The molecule has 0 spiro atoms. The average Bonchev–Trinajstić information content (AvgIpc) is 3.21. The first kappa shape index (κ1) is 17.7. The Kier molecular flexibility index (Phi) is 4.72. The molecular weight excluding hydrogens is 341 g/mol. The topological polar surface area (TPSA) is 89.8 Å². The minimum Gasteiger partial charge on any atom is -0.481 e. The lowest BCUT2D eigenvalue weighted by atomic mass is 9.96. The molecule has 7 nitrogen and oxygen atoms in total. The molecule has 0 aliphatic carbocycles. The smallest absolute Gasteiger partial charge is 0.394 e. The predicted octanol–water partition coefficient (Wildman–Crippen LogP) is 1.14. The van der Waals surface area contributed by atoms with Crippen molar-refractivity contribution < 1.29 is 28.2 Å². The van der Waals surface area contributed by atoms with Crippen molar-refractivity contribution in [2.45, 2.75) is 25.1 Å². The number of carboxylic acid groups (broad SMARTS) is 1. The summed E-state index contributed by atoms with van der Waals surface area (Å²) in [5, 5.41) is 18.5. The number of aliphatic carboxylic acids is 1. The van der Waals surface area contributed by atoms with Crippen LogP contribution in [0.4, 0.5) is 24.8 Å². The van der Waals surface area contributed by atoms with Crippen molar-refractivity contribution in [3.8, 4) is 0 Å². The number of rotatable bonds is 4. The second-order valence-corrected chi connectivity index (χ2v) is 6.40. The van der Waals surface area contributed by atoms with Crippen molar-refractivity contribution in [1.82, 2.24) is 9.97 Å². The fourth-order valence-corrected chi connectivity index (χ4v) is 3.57. The van der Waals surface area contributed by atoms with Crippen LogP contribution in [0.2, 0.25) is 0 Å². The number of carboxylic acids is 1. The maximum Gasteiger partial charge on any atom is 0.394 e. The van der Waals surface area contributed by atoms with Gasteiger partial charge in [0.15, 0.2) is 0 Å². The zero-order valence-electron chi connectivity index (χ0n) is 13.4. The number of aliphatic hydroxyl groups is 1. The third-order valence-corrected chi connectivity index (χ3v) is 4.90. The van der Waals surface area contributed by atoms with E-state index in [0.717, 1.165) is 12.8 Å². The minimum absolute atomic E-state index is 0.0275. The molecular formula is C15H19F3N4O3. The number of hydrogen-bond donors (Lipinski definition) is 2. The van der Waals surface area contributed by atoms with Crippen LogP contribution >= 0.6 is 0 Å². The number of nitrogens with zero attached hydrogens (tertiary/aromatic N) is 4. The second kappa shape index (κ2) is 6.66. The van der Waals surface area contributed by atoms with Crippen molar-refractivity contribution in [3.63, 3.8) is 0 Å². The van der Waals surface area contributed by atoms with Gasteiger partial charge >= 0.3 is 12.1 Å². The number of carbonyl (C=O) groups is 1. The zero-order valence-corrected chi connectivity index (χ0v) is 13.4. The van der Waals surface area contributed by atoms with E-state index in [1.54, 1.807) is 6.07 Å². The van der Waals surface area contributed by atoms with Crippen LogP contribution in [0.25, 0.3) is 0 Å². The second-order valence-electron chi connectivity index (χ2n) is 6.40. The number of alkyl halides is 3. The summed E-state index contributed by atoms with van der Waals surface area (Å²) in [4.78, 5) is 22.6. The monoisotopic (exact) mass is 360 g/mol. The summed E-state index contributed by atoms with van der Waals surface area (Å²) in [5.74, 6) is -4.11. The highest BCUT2D eigenvalue weighted by Crippen LogP contribution is 2.39. The first-order chi connectivity index (χ1) is 11.8. The number of aromatic nitrogens is 2. The Balaban J connectivity index is 1.83. The molecule has 0 amide bonds. The lowest BCUT2D eigenvalue weighted by Gasteiger charge is -2.25. The summed E-state index contributed by atoms with van der Waals surface area (Å²) >= 11 is 0. The Morgan fingerprint density at radius 1 is 1.28 bits per heavy atom. The summed E-state index contributed by atoms with van der Waals surface area (Å²) in [6, 6.07) is 1.49. The molecule has 2 N–H and O–H groups in total. The molecule has 0 saturated carbocycles. The molecule has 0 bridgehead atoms. The molecule has 1 aromatic rings. The van der Waals surface area contributed by atoms with Crippen LogP contribution in [0.15, 0.2) is 12.4 Å². The average molecular weight is 360 g/mol. The van der Waals surface area contributed by atoms with E-state index in [9.17, 15) is 23.1 Å². The molecule has 10 heteroatoms. The first-order valence-corrected chi connectivity index (χ1v) is 8.05. The van der Waals surface area contributed by atoms with Crippen molar-refractivity contribution in [2.75, 3.05) is 36.0 Å². The van der Waals surface area contributed by atoms with E-state index in [1.807, 2.05) is 4.90 Å². The molecule has 2 aliphatic heterocycles. The van der Waals surface area contributed by atoms with Crippen LogP contribution in [0.1, 0.15) is 12.8 Å². The highest BCUT2D eigenvalue weighted by Gasteiger charge is 2.52. The van der Waals surface area contributed by atoms with Gasteiger partial charge in [0.1, 0.15) is 18.0 Å². The van der Waals surface area contributed by atoms with Crippen molar-refractivity contribution >= 4 is 17.6 Å². The summed E-state index contributed by atoms with van der Waals surface area (Å²) in [5.41, 5.74) is 0. The molecule has 1 unspecified atom stereocenters. The molecule has 25 heavy (non-hydrogen) atoms. The summed E-state index contributed by atoms with van der Waals surface area (Å²) < 4.78 is 39.4. The lowest BCUT2D eigenvalue weighted by molar-refractivity contribution is -0.187. The SMILES string of the molecule is O=C(O)[C@@H]1CN(c2cc(N3CCCC3CO)ncn2)C[C@H]1C(F)(F)F.